The predicted octanol–water partition coefficient (Wildman–Crippen LogP) is 6.81. The van der Waals surface area contributed by atoms with Crippen molar-refractivity contribution in [1.82, 2.24) is 9.80 Å². The maximum absolute atomic E-state index is 14.9. The number of hydrogen-bond acceptors (Lipinski definition) is 4. The van der Waals surface area contributed by atoms with Crippen LogP contribution in [0.2, 0.25) is 10.0 Å². The first-order valence-electron chi connectivity index (χ1n) is 14.6. The zero-order valence-electron chi connectivity index (χ0n) is 25.0. The Morgan fingerprint density at radius 1 is 1.02 bits per heavy atom. The standard InChI is InChI=1S/C33H38Cl2FN3O3S/c1-22-16-23(2)18-26(17-22)32(40)37(3)20-25(24-8-9-28(34)29(35)19-24)10-13-38-14-11-33(12-15-38)21-39(43(4,41)42)31-27(33)6-5-7-30(31)36/h5-9,16-19,25H,10-15,20-21H2,1-4H3. The van der Waals surface area contributed by atoms with Gasteiger partial charge in [-0.2, -0.15) is 0 Å². The summed E-state index contributed by atoms with van der Waals surface area (Å²) in [5.41, 5.74) is 4.38. The van der Waals surface area contributed by atoms with E-state index in [0.29, 0.717) is 22.2 Å². The van der Waals surface area contributed by atoms with Crippen molar-refractivity contribution in [2.75, 3.05) is 50.3 Å². The molecule has 1 unspecified atom stereocenters. The van der Waals surface area contributed by atoms with Gasteiger partial charge in [0.1, 0.15) is 5.82 Å². The van der Waals surface area contributed by atoms with Crippen molar-refractivity contribution in [1.29, 1.82) is 0 Å². The molecule has 230 valence electrons. The highest BCUT2D eigenvalue weighted by Gasteiger charge is 2.48. The highest BCUT2D eigenvalue weighted by molar-refractivity contribution is 7.92. The fourth-order valence-electron chi connectivity index (χ4n) is 6.75. The molecule has 0 N–H and O–H groups in total. The lowest BCUT2D eigenvalue weighted by atomic mass is 9.74. The topological polar surface area (TPSA) is 60.9 Å². The minimum absolute atomic E-state index is 0.0209. The Morgan fingerprint density at radius 2 is 1.70 bits per heavy atom. The van der Waals surface area contributed by atoms with Crippen LogP contribution in [0.1, 0.15) is 57.8 Å². The van der Waals surface area contributed by atoms with E-state index in [2.05, 4.69) is 11.0 Å². The molecule has 1 amide bonds. The summed E-state index contributed by atoms with van der Waals surface area (Å²) in [6, 6.07) is 16.4. The second-order valence-corrected chi connectivity index (χ2v) is 15.0. The van der Waals surface area contributed by atoms with Gasteiger partial charge in [0.2, 0.25) is 10.0 Å². The van der Waals surface area contributed by atoms with E-state index in [0.717, 1.165) is 67.4 Å². The predicted molar refractivity (Wildman–Crippen MR) is 173 cm³/mol. The number of hydrogen-bond donors (Lipinski definition) is 0. The highest BCUT2D eigenvalue weighted by Crippen LogP contribution is 2.49. The molecular weight excluding hydrogens is 608 g/mol. The zero-order chi connectivity index (χ0) is 31.1. The number of piperidine rings is 1. The van der Waals surface area contributed by atoms with Crippen LogP contribution in [-0.2, 0) is 15.4 Å². The van der Waals surface area contributed by atoms with Gasteiger partial charge in [-0.1, -0.05) is 58.6 Å². The molecule has 43 heavy (non-hydrogen) atoms. The third-order valence-electron chi connectivity index (χ3n) is 8.99. The number of nitrogens with zero attached hydrogens (tertiary/aromatic N) is 3. The smallest absolute Gasteiger partial charge is 0.253 e. The normalized spacial score (nSPS) is 17.2. The molecule has 1 atom stereocenters. The molecule has 3 aromatic rings. The van der Waals surface area contributed by atoms with Gasteiger partial charge in [0.25, 0.3) is 5.91 Å². The summed E-state index contributed by atoms with van der Waals surface area (Å²) in [4.78, 5) is 17.6. The number of likely N-dealkylation sites (tertiary alicyclic amines) is 1. The van der Waals surface area contributed by atoms with Crippen molar-refractivity contribution in [3.8, 4) is 0 Å². The zero-order valence-corrected chi connectivity index (χ0v) is 27.4. The van der Waals surface area contributed by atoms with Crippen LogP contribution in [-0.4, -0.2) is 70.2 Å². The summed E-state index contributed by atoms with van der Waals surface area (Å²) in [5, 5.41) is 0.969. The fraction of sp³-hybridized carbons (Fsp3) is 0.424. The molecule has 2 heterocycles. The van der Waals surface area contributed by atoms with Gasteiger partial charge in [0.05, 0.1) is 22.0 Å². The molecule has 0 aliphatic carbocycles. The number of carbonyl (C=O) groups is 1. The Kier molecular flexibility index (Phi) is 9.15. The molecule has 6 nitrogen and oxygen atoms in total. The van der Waals surface area contributed by atoms with Crippen LogP contribution < -0.4 is 4.31 Å². The molecule has 0 radical (unpaired) electrons. The molecule has 2 aliphatic rings. The summed E-state index contributed by atoms with van der Waals surface area (Å²) < 4.78 is 41.2. The summed E-state index contributed by atoms with van der Waals surface area (Å²) >= 11 is 12.6. The van der Waals surface area contributed by atoms with Crippen molar-refractivity contribution in [2.24, 2.45) is 0 Å². The molecule has 1 spiro atoms. The Bertz CT molecular complexity index is 1620. The number of para-hydroxylation sites is 1. The monoisotopic (exact) mass is 645 g/mol. The number of aryl methyl sites for hydroxylation is 2. The van der Waals surface area contributed by atoms with Crippen molar-refractivity contribution < 1.29 is 17.6 Å². The number of fused-ring (bicyclic) bond motifs is 2. The maximum Gasteiger partial charge on any atom is 0.253 e. The minimum atomic E-state index is -3.60. The molecule has 1 fully saturated rings. The number of amides is 1. The summed E-state index contributed by atoms with van der Waals surface area (Å²) in [5.74, 6) is -0.502. The average molecular weight is 647 g/mol. The van der Waals surface area contributed by atoms with Crippen molar-refractivity contribution in [3.05, 3.63) is 98.3 Å². The molecule has 2 aliphatic heterocycles. The number of halogens is 3. The minimum Gasteiger partial charge on any atom is -0.341 e. The van der Waals surface area contributed by atoms with Crippen LogP contribution in [0.4, 0.5) is 10.1 Å². The van der Waals surface area contributed by atoms with Crippen LogP contribution in [0.25, 0.3) is 0 Å². The number of benzene rings is 3. The van der Waals surface area contributed by atoms with Crippen LogP contribution in [0.5, 0.6) is 0 Å². The van der Waals surface area contributed by atoms with E-state index in [1.54, 1.807) is 17.0 Å². The number of carbonyl (C=O) groups excluding carboxylic acids is 1. The molecule has 5 rings (SSSR count). The van der Waals surface area contributed by atoms with Gasteiger partial charge in [-0.3, -0.25) is 9.10 Å². The number of rotatable bonds is 8. The second kappa shape index (κ2) is 12.4. The SMILES string of the molecule is Cc1cc(C)cc(C(=O)N(C)CC(CCN2CCC3(CC2)CN(S(C)(=O)=O)c2c(F)cccc23)c2ccc(Cl)c(Cl)c2)c1. The first-order valence-corrected chi connectivity index (χ1v) is 17.2. The van der Waals surface area contributed by atoms with E-state index in [1.165, 1.54) is 10.4 Å². The van der Waals surface area contributed by atoms with Crippen LogP contribution in [0, 0.1) is 19.7 Å². The third-order valence-corrected chi connectivity index (χ3v) is 10.8. The van der Waals surface area contributed by atoms with Gasteiger partial charge >= 0.3 is 0 Å². The van der Waals surface area contributed by atoms with E-state index in [-0.39, 0.29) is 24.1 Å². The molecule has 0 bridgehead atoms. The number of sulfonamides is 1. The molecule has 0 aromatic heterocycles. The first kappa shape index (κ1) is 31.8. The summed E-state index contributed by atoms with van der Waals surface area (Å²) in [7, 11) is -1.77. The third kappa shape index (κ3) is 6.72. The van der Waals surface area contributed by atoms with Crippen LogP contribution in [0.15, 0.2) is 54.6 Å². The van der Waals surface area contributed by atoms with Crippen molar-refractivity contribution >= 4 is 44.8 Å². The second-order valence-electron chi connectivity index (χ2n) is 12.2. The lowest BCUT2D eigenvalue weighted by Crippen LogP contribution is -2.46. The van der Waals surface area contributed by atoms with Crippen molar-refractivity contribution in [3.63, 3.8) is 0 Å². The van der Waals surface area contributed by atoms with Crippen LogP contribution >= 0.6 is 23.2 Å². The number of likely N-dealkylation sites (N-methyl/N-ethyl adjacent to an activating group) is 1. The Hall–Kier alpha value is -2.65. The molecule has 10 heteroatoms. The maximum atomic E-state index is 14.9. The van der Waals surface area contributed by atoms with Gasteiger partial charge in [-0.25, -0.2) is 12.8 Å². The van der Waals surface area contributed by atoms with Gasteiger partial charge in [0, 0.05) is 37.0 Å². The van der Waals surface area contributed by atoms with E-state index in [9.17, 15) is 17.6 Å². The van der Waals surface area contributed by atoms with E-state index >= 15 is 0 Å². The van der Waals surface area contributed by atoms with E-state index in [1.807, 2.05) is 51.2 Å². The van der Waals surface area contributed by atoms with Crippen LogP contribution in [0.3, 0.4) is 0 Å². The molecular formula is C33H38Cl2FN3O3S. The number of anilines is 1. The highest BCUT2D eigenvalue weighted by atomic mass is 35.5. The first-order chi connectivity index (χ1) is 20.3. The van der Waals surface area contributed by atoms with E-state index < -0.39 is 21.3 Å². The molecule has 0 saturated carbocycles. The summed E-state index contributed by atoms with van der Waals surface area (Å²) in [6.45, 7) is 7.08. The van der Waals surface area contributed by atoms with Crippen molar-refractivity contribution in [2.45, 2.75) is 44.4 Å². The molecule has 3 aromatic carbocycles. The summed E-state index contributed by atoms with van der Waals surface area (Å²) in [6.07, 6.45) is 3.40. The quantitative estimate of drug-likeness (QED) is 0.270. The Labute approximate surface area is 264 Å². The van der Waals surface area contributed by atoms with Gasteiger partial charge in [-0.15, -0.1) is 0 Å². The molecule has 1 saturated heterocycles. The Balaban J connectivity index is 1.30. The average Bonchev–Trinajstić information content (AvgIpc) is 3.28. The van der Waals surface area contributed by atoms with E-state index in [4.69, 9.17) is 23.2 Å². The van der Waals surface area contributed by atoms with Gasteiger partial charge < -0.3 is 9.80 Å². The van der Waals surface area contributed by atoms with Gasteiger partial charge in [0.15, 0.2) is 0 Å². The largest absolute Gasteiger partial charge is 0.341 e. The lowest BCUT2D eigenvalue weighted by molar-refractivity contribution is 0.0780. The lowest BCUT2D eigenvalue weighted by Gasteiger charge is -2.40. The Morgan fingerprint density at radius 3 is 2.33 bits per heavy atom. The fourth-order valence-corrected chi connectivity index (χ4v) is 8.06. The van der Waals surface area contributed by atoms with Gasteiger partial charge in [-0.05, 0) is 94.2 Å².